The molecule has 0 radical (unpaired) electrons. The Kier molecular flexibility index (Phi) is 4.11. The molecule has 100 valence electrons. The second kappa shape index (κ2) is 5.28. The summed E-state index contributed by atoms with van der Waals surface area (Å²) in [7, 11) is -3.44. The molecule has 1 atom stereocenters. The van der Waals surface area contributed by atoms with Crippen molar-refractivity contribution in [2.45, 2.75) is 30.7 Å². The molecule has 2 rings (SSSR count). The van der Waals surface area contributed by atoms with Crippen LogP contribution in [0.5, 0.6) is 0 Å². The van der Waals surface area contributed by atoms with Crippen LogP contribution >= 0.6 is 15.9 Å². The highest BCUT2D eigenvalue weighted by Gasteiger charge is 2.30. The fourth-order valence-electron chi connectivity index (χ4n) is 2.15. The largest absolute Gasteiger partial charge is 0.327 e. The molecule has 18 heavy (non-hydrogen) atoms. The van der Waals surface area contributed by atoms with Gasteiger partial charge in [-0.15, -0.1) is 0 Å². The van der Waals surface area contributed by atoms with Crippen LogP contribution in [-0.2, 0) is 10.0 Å². The molecule has 0 aliphatic carbocycles. The van der Waals surface area contributed by atoms with Gasteiger partial charge >= 0.3 is 0 Å². The maximum atomic E-state index is 12.5. The van der Waals surface area contributed by atoms with Gasteiger partial charge in [-0.05, 0) is 53.4 Å². The monoisotopic (exact) mass is 332 g/mol. The lowest BCUT2D eigenvalue weighted by molar-refractivity contribution is 0.316. The number of hydrogen-bond donors (Lipinski definition) is 1. The zero-order chi connectivity index (χ0) is 13.3. The van der Waals surface area contributed by atoms with Crippen molar-refractivity contribution in [3.8, 4) is 0 Å². The first-order valence-corrected chi connectivity index (χ1v) is 8.16. The summed E-state index contributed by atoms with van der Waals surface area (Å²) in [4.78, 5) is 0.321. The van der Waals surface area contributed by atoms with Gasteiger partial charge in [0.05, 0.1) is 4.90 Å². The van der Waals surface area contributed by atoms with Gasteiger partial charge in [0, 0.05) is 23.6 Å². The van der Waals surface area contributed by atoms with Gasteiger partial charge in [-0.3, -0.25) is 0 Å². The first kappa shape index (κ1) is 14.0. The van der Waals surface area contributed by atoms with Gasteiger partial charge in [-0.25, -0.2) is 8.42 Å². The van der Waals surface area contributed by atoms with E-state index in [1.807, 2.05) is 19.1 Å². The van der Waals surface area contributed by atoms with E-state index in [0.29, 0.717) is 22.5 Å². The van der Waals surface area contributed by atoms with Gasteiger partial charge in [0.25, 0.3) is 0 Å². The lowest BCUT2D eigenvalue weighted by Crippen LogP contribution is -2.45. The minimum atomic E-state index is -3.44. The molecule has 6 heteroatoms. The lowest BCUT2D eigenvalue weighted by atomic mass is 10.1. The van der Waals surface area contributed by atoms with E-state index in [4.69, 9.17) is 5.73 Å². The highest BCUT2D eigenvalue weighted by molar-refractivity contribution is 9.10. The third-order valence-corrected chi connectivity index (χ3v) is 5.97. The minimum Gasteiger partial charge on any atom is -0.327 e. The topological polar surface area (TPSA) is 63.4 Å². The van der Waals surface area contributed by atoms with E-state index in [1.54, 1.807) is 6.07 Å². The number of benzene rings is 1. The maximum absolute atomic E-state index is 12.5. The number of piperidine rings is 1. The van der Waals surface area contributed by atoms with Crippen LogP contribution in [0.15, 0.2) is 27.6 Å². The molecule has 0 bridgehead atoms. The summed E-state index contributed by atoms with van der Waals surface area (Å²) in [6, 6.07) is 5.21. The molecule has 1 fully saturated rings. The predicted octanol–water partition coefficient (Wildman–Crippen LogP) is 1.87. The maximum Gasteiger partial charge on any atom is 0.244 e. The first-order chi connectivity index (χ1) is 8.41. The highest BCUT2D eigenvalue weighted by Crippen LogP contribution is 2.27. The molecule has 1 aliphatic heterocycles. The fraction of sp³-hybridized carbons (Fsp3) is 0.500. The fourth-order valence-corrected chi connectivity index (χ4v) is 4.83. The molecular weight excluding hydrogens is 316 g/mol. The van der Waals surface area contributed by atoms with Gasteiger partial charge in [0.15, 0.2) is 0 Å². The van der Waals surface area contributed by atoms with Gasteiger partial charge in [-0.1, -0.05) is 6.07 Å². The van der Waals surface area contributed by atoms with E-state index >= 15 is 0 Å². The van der Waals surface area contributed by atoms with Crippen molar-refractivity contribution in [1.29, 1.82) is 0 Å². The predicted molar refractivity (Wildman–Crippen MR) is 74.8 cm³/mol. The van der Waals surface area contributed by atoms with E-state index in [9.17, 15) is 8.42 Å². The Morgan fingerprint density at radius 3 is 2.78 bits per heavy atom. The molecule has 0 amide bonds. The molecule has 0 saturated carbocycles. The number of nitrogens with two attached hydrogens (primary N) is 1. The van der Waals surface area contributed by atoms with Gasteiger partial charge in [0.1, 0.15) is 0 Å². The summed E-state index contributed by atoms with van der Waals surface area (Å²) in [6.07, 6.45) is 1.71. The van der Waals surface area contributed by atoms with Gasteiger partial charge in [0.2, 0.25) is 10.0 Å². The Balaban J connectivity index is 2.35. The van der Waals surface area contributed by atoms with Crippen molar-refractivity contribution in [2.24, 2.45) is 5.73 Å². The molecule has 1 saturated heterocycles. The van der Waals surface area contributed by atoms with Crippen LogP contribution < -0.4 is 5.73 Å². The molecule has 4 nitrogen and oxygen atoms in total. The summed E-state index contributed by atoms with van der Waals surface area (Å²) in [6.45, 7) is 2.89. The minimum absolute atomic E-state index is 0.0576. The Bertz CT molecular complexity index is 545. The molecule has 1 heterocycles. The number of nitrogens with zero attached hydrogens (tertiary/aromatic N) is 1. The molecule has 1 unspecified atom stereocenters. The first-order valence-electron chi connectivity index (χ1n) is 5.93. The summed E-state index contributed by atoms with van der Waals surface area (Å²) in [5, 5.41) is 0. The normalized spacial score (nSPS) is 22.1. The highest BCUT2D eigenvalue weighted by atomic mass is 79.9. The summed E-state index contributed by atoms with van der Waals surface area (Å²) in [5.41, 5.74) is 6.87. The Hall–Kier alpha value is -0.430. The number of aryl methyl sites for hydroxylation is 1. The summed E-state index contributed by atoms with van der Waals surface area (Å²) >= 11 is 3.33. The smallest absolute Gasteiger partial charge is 0.244 e. The second-order valence-electron chi connectivity index (χ2n) is 4.70. The van der Waals surface area contributed by atoms with Crippen molar-refractivity contribution >= 4 is 26.0 Å². The molecule has 0 spiro atoms. The zero-order valence-corrected chi connectivity index (χ0v) is 12.7. The van der Waals surface area contributed by atoms with Crippen molar-refractivity contribution in [3.05, 3.63) is 28.2 Å². The summed E-state index contributed by atoms with van der Waals surface area (Å²) in [5.74, 6) is 0. The summed E-state index contributed by atoms with van der Waals surface area (Å²) < 4.78 is 27.1. The molecule has 2 N–H and O–H groups in total. The molecule has 1 aromatic rings. The van der Waals surface area contributed by atoms with E-state index in [-0.39, 0.29) is 6.04 Å². The lowest BCUT2D eigenvalue weighted by Gasteiger charge is -2.30. The van der Waals surface area contributed by atoms with Crippen LogP contribution in [0.3, 0.4) is 0 Å². The van der Waals surface area contributed by atoms with Crippen LogP contribution in [0, 0.1) is 6.92 Å². The van der Waals surface area contributed by atoms with Crippen molar-refractivity contribution in [1.82, 2.24) is 4.31 Å². The Morgan fingerprint density at radius 2 is 2.17 bits per heavy atom. The quantitative estimate of drug-likeness (QED) is 0.899. The number of sulfonamides is 1. The third kappa shape index (κ3) is 2.77. The number of halogens is 1. The number of hydrogen-bond acceptors (Lipinski definition) is 3. The average molecular weight is 333 g/mol. The van der Waals surface area contributed by atoms with Crippen molar-refractivity contribution < 1.29 is 8.42 Å². The SMILES string of the molecule is Cc1ccc(S(=O)(=O)N2CCCC(N)C2)c(Br)c1. The van der Waals surface area contributed by atoms with Gasteiger partial charge in [-0.2, -0.15) is 4.31 Å². The van der Waals surface area contributed by atoms with Crippen LogP contribution in [0.25, 0.3) is 0 Å². The second-order valence-corrected chi connectivity index (χ2v) is 7.46. The van der Waals surface area contributed by atoms with Crippen LogP contribution in [0.2, 0.25) is 0 Å². The van der Waals surface area contributed by atoms with Crippen LogP contribution in [0.1, 0.15) is 18.4 Å². The average Bonchev–Trinajstić information content (AvgIpc) is 2.28. The van der Waals surface area contributed by atoms with Gasteiger partial charge < -0.3 is 5.73 Å². The molecular formula is C12H17BrN2O2S. The van der Waals surface area contributed by atoms with Crippen molar-refractivity contribution in [3.63, 3.8) is 0 Å². The Labute approximate surface area is 116 Å². The number of rotatable bonds is 2. The zero-order valence-electron chi connectivity index (χ0n) is 10.3. The molecule has 0 aromatic heterocycles. The standard InChI is InChI=1S/C12H17BrN2O2S/c1-9-4-5-12(11(13)7-9)18(16,17)15-6-2-3-10(14)8-15/h4-5,7,10H,2-3,6,8,14H2,1H3. The van der Waals surface area contributed by atoms with Crippen LogP contribution in [0.4, 0.5) is 0 Å². The molecule has 1 aliphatic rings. The van der Waals surface area contributed by atoms with E-state index in [2.05, 4.69) is 15.9 Å². The van der Waals surface area contributed by atoms with E-state index in [1.165, 1.54) is 4.31 Å². The Morgan fingerprint density at radius 1 is 1.44 bits per heavy atom. The van der Waals surface area contributed by atoms with E-state index < -0.39 is 10.0 Å². The van der Waals surface area contributed by atoms with Crippen molar-refractivity contribution in [2.75, 3.05) is 13.1 Å². The van der Waals surface area contributed by atoms with Crippen LogP contribution in [-0.4, -0.2) is 31.9 Å². The molecule has 1 aromatic carbocycles. The van der Waals surface area contributed by atoms with E-state index in [0.717, 1.165) is 18.4 Å². The third-order valence-electron chi connectivity index (χ3n) is 3.13.